The minimum absolute atomic E-state index is 0.127. The van der Waals surface area contributed by atoms with Crippen LogP contribution in [0.5, 0.6) is 5.75 Å². The molecular weight excluding hydrogens is 336 g/mol. The zero-order valence-electron chi connectivity index (χ0n) is 13.5. The molecule has 25 heavy (non-hydrogen) atoms. The van der Waals surface area contributed by atoms with Crippen molar-refractivity contribution < 1.29 is 14.3 Å². The first-order chi connectivity index (χ1) is 12.2. The molecule has 3 rings (SSSR count). The Kier molecular flexibility index (Phi) is 5.70. The van der Waals surface area contributed by atoms with Gasteiger partial charge in [0.2, 0.25) is 0 Å². The third-order valence-corrected chi connectivity index (χ3v) is 4.03. The molecular formula is C21H17ClO3. The Balaban J connectivity index is 1.60. The van der Waals surface area contributed by atoms with E-state index in [0.717, 1.165) is 16.7 Å². The van der Waals surface area contributed by atoms with Crippen molar-refractivity contribution in [2.75, 3.05) is 6.61 Å². The molecule has 0 amide bonds. The van der Waals surface area contributed by atoms with Crippen LogP contribution in [-0.2, 0) is 16.1 Å². The van der Waals surface area contributed by atoms with E-state index in [1.54, 1.807) is 6.07 Å². The lowest BCUT2D eigenvalue weighted by molar-refractivity contribution is -0.147. The lowest BCUT2D eigenvalue weighted by Gasteiger charge is -2.11. The van der Waals surface area contributed by atoms with Gasteiger partial charge in [0, 0.05) is 16.1 Å². The first-order valence-corrected chi connectivity index (χ1v) is 8.28. The zero-order valence-corrected chi connectivity index (χ0v) is 14.3. The highest BCUT2D eigenvalue weighted by molar-refractivity contribution is 6.31. The average molecular weight is 353 g/mol. The van der Waals surface area contributed by atoms with Crippen molar-refractivity contribution in [2.45, 2.75) is 6.61 Å². The molecule has 0 aliphatic heterocycles. The van der Waals surface area contributed by atoms with Crippen molar-refractivity contribution in [3.8, 4) is 16.9 Å². The summed E-state index contributed by atoms with van der Waals surface area (Å²) in [5.41, 5.74) is 2.73. The van der Waals surface area contributed by atoms with Gasteiger partial charge in [0.1, 0.15) is 12.4 Å². The molecule has 0 saturated carbocycles. The zero-order chi connectivity index (χ0) is 17.5. The molecule has 3 aromatic rings. The van der Waals surface area contributed by atoms with E-state index in [0.29, 0.717) is 10.8 Å². The molecule has 0 bridgehead atoms. The Bertz CT molecular complexity index is 847. The Hall–Kier alpha value is -2.78. The second-order valence-corrected chi connectivity index (χ2v) is 5.81. The van der Waals surface area contributed by atoms with E-state index in [1.165, 1.54) is 0 Å². The maximum Gasteiger partial charge on any atom is 0.344 e. The van der Waals surface area contributed by atoms with Crippen LogP contribution in [-0.4, -0.2) is 12.6 Å². The van der Waals surface area contributed by atoms with Crippen molar-refractivity contribution in [3.63, 3.8) is 0 Å². The quantitative estimate of drug-likeness (QED) is 0.577. The fourth-order valence-corrected chi connectivity index (χ4v) is 2.59. The van der Waals surface area contributed by atoms with E-state index in [9.17, 15) is 4.79 Å². The second-order valence-electron chi connectivity index (χ2n) is 5.40. The third kappa shape index (κ3) is 4.61. The highest BCUT2D eigenvalue weighted by atomic mass is 35.5. The highest BCUT2D eigenvalue weighted by Gasteiger charge is 2.10. The topological polar surface area (TPSA) is 35.5 Å². The summed E-state index contributed by atoms with van der Waals surface area (Å²) in [6, 6.07) is 24.7. The lowest BCUT2D eigenvalue weighted by atomic mass is 10.1. The van der Waals surface area contributed by atoms with Crippen molar-refractivity contribution in [1.82, 2.24) is 0 Å². The summed E-state index contributed by atoms with van der Waals surface area (Å²) in [4.78, 5) is 12.0. The lowest BCUT2D eigenvalue weighted by Crippen LogP contribution is -2.15. The molecule has 0 fully saturated rings. The minimum Gasteiger partial charge on any atom is -0.481 e. The van der Waals surface area contributed by atoms with Gasteiger partial charge in [-0.15, -0.1) is 0 Å². The number of ether oxygens (including phenoxy) is 2. The van der Waals surface area contributed by atoms with Gasteiger partial charge in [0.15, 0.2) is 6.61 Å². The molecule has 0 radical (unpaired) electrons. The Morgan fingerprint density at radius 3 is 2.32 bits per heavy atom. The molecule has 0 heterocycles. The summed E-state index contributed by atoms with van der Waals surface area (Å²) < 4.78 is 10.9. The van der Waals surface area contributed by atoms with Crippen molar-refractivity contribution in [3.05, 3.63) is 89.4 Å². The predicted molar refractivity (Wildman–Crippen MR) is 98.6 cm³/mol. The SMILES string of the molecule is O=C(COc1ccccc1-c1ccccc1)OCc1ccccc1Cl. The maximum atomic E-state index is 12.0. The van der Waals surface area contributed by atoms with Crippen LogP contribution in [0.4, 0.5) is 0 Å². The molecule has 4 heteroatoms. The van der Waals surface area contributed by atoms with Gasteiger partial charge in [-0.2, -0.15) is 0 Å². The number of carbonyl (C=O) groups excluding carboxylic acids is 1. The fraction of sp³-hybridized carbons (Fsp3) is 0.0952. The van der Waals surface area contributed by atoms with Crippen LogP contribution in [0.1, 0.15) is 5.56 Å². The molecule has 3 aromatic carbocycles. The minimum atomic E-state index is -0.442. The number of carbonyl (C=O) groups is 1. The van der Waals surface area contributed by atoms with Crippen molar-refractivity contribution >= 4 is 17.6 Å². The van der Waals surface area contributed by atoms with Crippen LogP contribution in [0.25, 0.3) is 11.1 Å². The number of halogens is 1. The van der Waals surface area contributed by atoms with Crippen LogP contribution in [0, 0.1) is 0 Å². The molecule has 0 spiro atoms. The Morgan fingerprint density at radius 1 is 0.840 bits per heavy atom. The van der Waals surface area contributed by atoms with Crippen LogP contribution < -0.4 is 4.74 Å². The highest BCUT2D eigenvalue weighted by Crippen LogP contribution is 2.29. The Labute approximate surface area is 151 Å². The first-order valence-electron chi connectivity index (χ1n) is 7.90. The largest absolute Gasteiger partial charge is 0.481 e. The van der Waals surface area contributed by atoms with Gasteiger partial charge in [-0.3, -0.25) is 0 Å². The molecule has 0 aliphatic carbocycles. The van der Waals surface area contributed by atoms with Gasteiger partial charge < -0.3 is 9.47 Å². The molecule has 0 saturated heterocycles. The standard InChI is InChI=1S/C21H17ClO3/c22-19-12-6-4-10-17(19)14-25-21(23)15-24-20-13-7-5-11-18(20)16-8-2-1-3-9-16/h1-13H,14-15H2. The number of benzene rings is 3. The smallest absolute Gasteiger partial charge is 0.344 e. The molecule has 0 N–H and O–H groups in total. The van der Waals surface area contributed by atoms with Gasteiger partial charge in [-0.05, 0) is 17.7 Å². The van der Waals surface area contributed by atoms with Crippen molar-refractivity contribution in [2.24, 2.45) is 0 Å². The van der Waals surface area contributed by atoms with E-state index in [-0.39, 0.29) is 13.2 Å². The van der Waals surface area contributed by atoms with Crippen LogP contribution in [0.3, 0.4) is 0 Å². The predicted octanol–water partition coefficient (Wildman–Crippen LogP) is 5.13. The normalized spacial score (nSPS) is 10.3. The van der Waals surface area contributed by atoms with Gasteiger partial charge >= 0.3 is 5.97 Å². The number of rotatable bonds is 6. The summed E-state index contributed by atoms with van der Waals surface area (Å²) in [6.07, 6.45) is 0. The number of hydrogen-bond acceptors (Lipinski definition) is 3. The van der Waals surface area contributed by atoms with E-state index < -0.39 is 5.97 Å². The summed E-state index contributed by atoms with van der Waals surface area (Å²) in [5.74, 6) is 0.200. The summed E-state index contributed by atoms with van der Waals surface area (Å²) in [7, 11) is 0. The maximum absolute atomic E-state index is 12.0. The van der Waals surface area contributed by atoms with Crippen LogP contribution in [0.2, 0.25) is 5.02 Å². The summed E-state index contributed by atoms with van der Waals surface area (Å²) in [5, 5.41) is 0.575. The van der Waals surface area contributed by atoms with E-state index in [1.807, 2.05) is 72.8 Å². The molecule has 126 valence electrons. The molecule has 0 aromatic heterocycles. The third-order valence-electron chi connectivity index (χ3n) is 3.66. The van der Waals surface area contributed by atoms with Crippen molar-refractivity contribution in [1.29, 1.82) is 0 Å². The summed E-state index contributed by atoms with van der Waals surface area (Å²) >= 11 is 6.05. The molecule has 3 nitrogen and oxygen atoms in total. The van der Waals surface area contributed by atoms with E-state index >= 15 is 0 Å². The van der Waals surface area contributed by atoms with E-state index in [4.69, 9.17) is 21.1 Å². The second kappa shape index (κ2) is 8.36. The average Bonchev–Trinajstić information content (AvgIpc) is 2.66. The van der Waals surface area contributed by atoms with Crippen LogP contribution >= 0.6 is 11.6 Å². The Morgan fingerprint density at radius 2 is 1.52 bits per heavy atom. The van der Waals surface area contributed by atoms with Gasteiger partial charge in [-0.1, -0.05) is 78.3 Å². The molecule has 0 atom stereocenters. The number of esters is 1. The molecule has 0 aliphatic rings. The monoisotopic (exact) mass is 352 g/mol. The van der Waals surface area contributed by atoms with E-state index in [2.05, 4.69) is 0 Å². The number of para-hydroxylation sites is 1. The van der Waals surface area contributed by atoms with Crippen LogP contribution in [0.15, 0.2) is 78.9 Å². The summed E-state index contributed by atoms with van der Waals surface area (Å²) in [6.45, 7) is -0.0313. The van der Waals surface area contributed by atoms with Gasteiger partial charge in [0.05, 0.1) is 0 Å². The first kappa shape index (κ1) is 17.1. The number of hydrogen-bond donors (Lipinski definition) is 0. The fourth-order valence-electron chi connectivity index (χ4n) is 2.40. The molecule has 0 unspecified atom stereocenters. The van der Waals surface area contributed by atoms with Gasteiger partial charge in [-0.25, -0.2) is 4.79 Å². The van der Waals surface area contributed by atoms with Gasteiger partial charge in [0.25, 0.3) is 0 Å².